The Morgan fingerprint density at radius 1 is 1.48 bits per heavy atom. The van der Waals surface area contributed by atoms with E-state index in [-0.39, 0.29) is 18.6 Å². The molecule has 0 aliphatic heterocycles. The molecule has 2 N–H and O–H groups in total. The standard InChI is InChI=1S/C16H25NO4/c1-2-14(21-12-7-4-3-5-8-12)16(19)17-11-13(18)15-9-6-10-20-15/h6,9-10,12-14,18H,2-5,7-8,11H2,1H3,(H,17,19). The van der Waals surface area contributed by atoms with Crippen molar-refractivity contribution in [2.45, 2.75) is 63.8 Å². The van der Waals surface area contributed by atoms with E-state index in [1.54, 1.807) is 12.1 Å². The summed E-state index contributed by atoms with van der Waals surface area (Å²) in [6.45, 7) is 2.08. The lowest BCUT2D eigenvalue weighted by Gasteiger charge is -2.26. The first-order chi connectivity index (χ1) is 10.2. The Morgan fingerprint density at radius 2 is 2.24 bits per heavy atom. The summed E-state index contributed by atoms with van der Waals surface area (Å²) in [6.07, 6.45) is 6.79. The van der Waals surface area contributed by atoms with Gasteiger partial charge >= 0.3 is 0 Å². The fraction of sp³-hybridized carbons (Fsp3) is 0.688. The minimum absolute atomic E-state index is 0.136. The van der Waals surface area contributed by atoms with Gasteiger partial charge in [0.15, 0.2) is 0 Å². The van der Waals surface area contributed by atoms with Gasteiger partial charge in [0.1, 0.15) is 18.0 Å². The van der Waals surface area contributed by atoms with E-state index in [4.69, 9.17) is 9.15 Å². The van der Waals surface area contributed by atoms with Crippen LogP contribution in [0, 0.1) is 0 Å². The first-order valence-electron chi connectivity index (χ1n) is 7.85. The molecule has 1 heterocycles. The van der Waals surface area contributed by atoms with Crippen molar-refractivity contribution in [3.8, 4) is 0 Å². The van der Waals surface area contributed by atoms with Gasteiger partial charge in [0.05, 0.1) is 18.9 Å². The largest absolute Gasteiger partial charge is 0.467 e. The van der Waals surface area contributed by atoms with Crippen LogP contribution in [0.1, 0.15) is 57.3 Å². The van der Waals surface area contributed by atoms with E-state index in [0.717, 1.165) is 12.8 Å². The highest BCUT2D eigenvalue weighted by Gasteiger charge is 2.24. The van der Waals surface area contributed by atoms with Crippen LogP contribution in [-0.2, 0) is 9.53 Å². The Bertz CT molecular complexity index is 412. The number of amides is 1. The minimum Gasteiger partial charge on any atom is -0.467 e. The van der Waals surface area contributed by atoms with E-state index in [2.05, 4.69) is 5.32 Å². The third kappa shape index (κ3) is 4.86. The third-order valence-corrected chi connectivity index (χ3v) is 3.91. The van der Waals surface area contributed by atoms with Crippen LogP contribution in [0.3, 0.4) is 0 Å². The minimum atomic E-state index is -0.823. The lowest BCUT2D eigenvalue weighted by atomic mass is 9.97. The molecule has 5 nitrogen and oxygen atoms in total. The highest BCUT2D eigenvalue weighted by atomic mass is 16.5. The van der Waals surface area contributed by atoms with E-state index < -0.39 is 12.2 Å². The summed E-state index contributed by atoms with van der Waals surface area (Å²) in [6, 6.07) is 3.40. The van der Waals surface area contributed by atoms with Crippen molar-refractivity contribution in [3.05, 3.63) is 24.2 Å². The molecule has 0 aromatic carbocycles. The number of carbonyl (C=O) groups excluding carboxylic acids is 1. The summed E-state index contributed by atoms with van der Waals surface area (Å²) >= 11 is 0. The number of nitrogens with one attached hydrogen (secondary N) is 1. The number of aliphatic hydroxyl groups excluding tert-OH is 1. The van der Waals surface area contributed by atoms with Crippen LogP contribution in [0.25, 0.3) is 0 Å². The molecule has 2 unspecified atom stereocenters. The number of rotatable bonds is 7. The maximum absolute atomic E-state index is 12.1. The maximum atomic E-state index is 12.1. The number of hydrogen-bond acceptors (Lipinski definition) is 4. The average Bonchev–Trinajstić information content (AvgIpc) is 3.05. The number of aliphatic hydroxyl groups is 1. The van der Waals surface area contributed by atoms with Crippen LogP contribution in [0.4, 0.5) is 0 Å². The van der Waals surface area contributed by atoms with Crippen LogP contribution in [0.2, 0.25) is 0 Å². The molecule has 2 atom stereocenters. The van der Waals surface area contributed by atoms with Gasteiger partial charge in [-0.05, 0) is 31.4 Å². The molecule has 1 fully saturated rings. The van der Waals surface area contributed by atoms with E-state index in [1.807, 2.05) is 6.92 Å². The quantitative estimate of drug-likeness (QED) is 0.811. The molecule has 0 bridgehead atoms. The smallest absolute Gasteiger partial charge is 0.249 e. The number of carbonyl (C=O) groups is 1. The summed E-state index contributed by atoms with van der Waals surface area (Å²) in [5.74, 6) is 0.297. The van der Waals surface area contributed by atoms with Gasteiger partial charge in [0.2, 0.25) is 5.91 Å². The molecule has 1 aliphatic carbocycles. The Balaban J connectivity index is 1.76. The molecule has 0 radical (unpaired) electrons. The fourth-order valence-electron chi connectivity index (χ4n) is 2.67. The molecule has 1 aromatic rings. The third-order valence-electron chi connectivity index (χ3n) is 3.91. The molecule has 118 valence electrons. The molecular weight excluding hydrogens is 270 g/mol. The molecule has 21 heavy (non-hydrogen) atoms. The molecular formula is C16H25NO4. The van der Waals surface area contributed by atoms with Crippen LogP contribution >= 0.6 is 0 Å². The zero-order valence-electron chi connectivity index (χ0n) is 12.6. The van der Waals surface area contributed by atoms with Crippen molar-refractivity contribution in [1.29, 1.82) is 0 Å². The van der Waals surface area contributed by atoms with Gasteiger partial charge in [-0.15, -0.1) is 0 Å². The molecule has 1 saturated carbocycles. The lowest BCUT2D eigenvalue weighted by Crippen LogP contribution is -2.40. The zero-order chi connectivity index (χ0) is 15.1. The van der Waals surface area contributed by atoms with Crippen molar-refractivity contribution in [2.75, 3.05) is 6.54 Å². The molecule has 1 aromatic heterocycles. The summed E-state index contributed by atoms with van der Waals surface area (Å²) in [5.41, 5.74) is 0. The van der Waals surface area contributed by atoms with Gasteiger partial charge in [-0.25, -0.2) is 0 Å². The van der Waals surface area contributed by atoms with Crippen molar-refractivity contribution < 1.29 is 19.1 Å². The summed E-state index contributed by atoms with van der Waals surface area (Å²) in [7, 11) is 0. The van der Waals surface area contributed by atoms with E-state index in [9.17, 15) is 9.90 Å². The second-order valence-corrected chi connectivity index (χ2v) is 5.57. The molecule has 2 rings (SSSR count). The Hall–Kier alpha value is -1.33. The fourth-order valence-corrected chi connectivity index (χ4v) is 2.67. The van der Waals surface area contributed by atoms with Crippen molar-refractivity contribution in [3.63, 3.8) is 0 Å². The van der Waals surface area contributed by atoms with Gasteiger partial charge < -0.3 is 19.6 Å². The summed E-state index contributed by atoms with van der Waals surface area (Å²) in [5, 5.41) is 12.6. The van der Waals surface area contributed by atoms with Crippen molar-refractivity contribution >= 4 is 5.91 Å². The van der Waals surface area contributed by atoms with Crippen molar-refractivity contribution in [1.82, 2.24) is 5.32 Å². The maximum Gasteiger partial charge on any atom is 0.249 e. The second kappa shape index (κ2) is 8.20. The Morgan fingerprint density at radius 3 is 2.86 bits per heavy atom. The first kappa shape index (κ1) is 16.0. The van der Waals surface area contributed by atoms with Gasteiger partial charge in [0.25, 0.3) is 0 Å². The predicted molar refractivity (Wildman–Crippen MR) is 78.7 cm³/mol. The van der Waals surface area contributed by atoms with E-state index >= 15 is 0 Å². The number of furan rings is 1. The topological polar surface area (TPSA) is 71.7 Å². The van der Waals surface area contributed by atoms with Gasteiger partial charge in [0, 0.05) is 0 Å². The highest BCUT2D eigenvalue weighted by molar-refractivity contribution is 5.80. The van der Waals surface area contributed by atoms with Gasteiger partial charge in [-0.3, -0.25) is 4.79 Å². The number of ether oxygens (including phenoxy) is 1. The lowest BCUT2D eigenvalue weighted by molar-refractivity contribution is -0.138. The summed E-state index contributed by atoms with van der Waals surface area (Å²) < 4.78 is 11.0. The Labute approximate surface area is 125 Å². The predicted octanol–water partition coefficient (Wildman–Crippen LogP) is 2.56. The first-order valence-corrected chi connectivity index (χ1v) is 7.85. The van der Waals surface area contributed by atoms with Crippen LogP contribution in [-0.4, -0.2) is 29.8 Å². The van der Waals surface area contributed by atoms with Gasteiger partial charge in [-0.2, -0.15) is 0 Å². The normalized spacial score (nSPS) is 19.1. The molecule has 1 aliphatic rings. The van der Waals surface area contributed by atoms with E-state index in [0.29, 0.717) is 12.2 Å². The molecule has 0 spiro atoms. The summed E-state index contributed by atoms with van der Waals surface area (Å²) in [4.78, 5) is 12.1. The monoisotopic (exact) mass is 295 g/mol. The van der Waals surface area contributed by atoms with Crippen LogP contribution in [0.15, 0.2) is 22.8 Å². The average molecular weight is 295 g/mol. The Kier molecular flexibility index (Phi) is 6.26. The number of hydrogen-bond donors (Lipinski definition) is 2. The van der Waals surface area contributed by atoms with E-state index in [1.165, 1.54) is 25.5 Å². The van der Waals surface area contributed by atoms with Gasteiger partial charge in [-0.1, -0.05) is 26.2 Å². The molecule has 1 amide bonds. The highest BCUT2D eigenvalue weighted by Crippen LogP contribution is 2.22. The van der Waals surface area contributed by atoms with Crippen LogP contribution < -0.4 is 5.32 Å². The second-order valence-electron chi connectivity index (χ2n) is 5.57. The molecule has 5 heteroatoms. The SMILES string of the molecule is CCC(OC1CCCCC1)C(=O)NCC(O)c1ccco1. The van der Waals surface area contributed by atoms with Crippen molar-refractivity contribution in [2.24, 2.45) is 0 Å². The molecule has 0 saturated heterocycles. The van der Waals surface area contributed by atoms with Crippen LogP contribution in [0.5, 0.6) is 0 Å². The zero-order valence-corrected chi connectivity index (χ0v) is 12.6.